The molecule has 0 fully saturated rings. The number of halogens is 1. The van der Waals surface area contributed by atoms with E-state index in [2.05, 4.69) is 22.0 Å². The first-order chi connectivity index (χ1) is 12.5. The summed E-state index contributed by atoms with van der Waals surface area (Å²) in [5.41, 5.74) is 2.14. The Labute approximate surface area is 163 Å². The number of thiol groups is 1. The van der Waals surface area contributed by atoms with Gasteiger partial charge in [0, 0.05) is 10.6 Å². The van der Waals surface area contributed by atoms with Crippen LogP contribution in [0.4, 0.5) is 0 Å². The zero-order valence-corrected chi connectivity index (χ0v) is 16.0. The molecule has 5 nitrogen and oxygen atoms in total. The van der Waals surface area contributed by atoms with Crippen molar-refractivity contribution in [2.75, 3.05) is 7.11 Å². The van der Waals surface area contributed by atoms with Gasteiger partial charge >= 0.3 is 5.97 Å². The van der Waals surface area contributed by atoms with Gasteiger partial charge in [0.2, 0.25) is 0 Å². The van der Waals surface area contributed by atoms with Crippen molar-refractivity contribution in [2.24, 2.45) is 0 Å². The molecule has 0 aliphatic rings. The molecule has 138 valence electrons. The first-order valence-corrected chi connectivity index (χ1v) is 8.47. The molecule has 3 rings (SSSR count). The van der Waals surface area contributed by atoms with Crippen molar-refractivity contribution >= 4 is 30.2 Å². The lowest BCUT2D eigenvalue weighted by molar-refractivity contribution is -0.136. The summed E-state index contributed by atoms with van der Waals surface area (Å²) >= 11 is 9.69. The van der Waals surface area contributed by atoms with Crippen LogP contribution in [0.5, 0.6) is 5.75 Å². The normalized spacial score (nSPS) is 10.5. The molecule has 1 atom stereocenters. The van der Waals surface area contributed by atoms with E-state index < -0.39 is 11.2 Å². The second-order valence-corrected chi connectivity index (χ2v) is 6.08. The summed E-state index contributed by atoms with van der Waals surface area (Å²) in [6.45, 7) is 1.51. The van der Waals surface area contributed by atoms with Gasteiger partial charge in [-0.05, 0) is 30.7 Å². The minimum Gasteiger partial charge on any atom is -0.497 e. The average Bonchev–Trinajstić information content (AvgIpc) is 3.23. The summed E-state index contributed by atoms with van der Waals surface area (Å²) in [4.78, 5) is 13.2. The highest BCUT2D eigenvalue weighted by Gasteiger charge is 2.02. The lowest BCUT2D eigenvalue weighted by atomic mass is 10.1. The lowest BCUT2D eigenvalue weighted by Crippen LogP contribution is -2.06. The second-order valence-electron chi connectivity index (χ2n) is 4.90. The maximum Gasteiger partial charge on any atom is 0.316 e. The largest absolute Gasteiger partial charge is 0.497 e. The topological polar surface area (TPSA) is 72.6 Å². The van der Waals surface area contributed by atoms with E-state index in [9.17, 15) is 4.79 Å². The van der Waals surface area contributed by atoms with Crippen LogP contribution in [0.25, 0.3) is 11.1 Å². The molecule has 1 unspecified atom stereocenters. The maximum atomic E-state index is 9.62. The van der Waals surface area contributed by atoms with Gasteiger partial charge in [-0.3, -0.25) is 4.79 Å². The van der Waals surface area contributed by atoms with Gasteiger partial charge in [0.1, 0.15) is 12.0 Å². The van der Waals surface area contributed by atoms with E-state index in [1.165, 1.54) is 19.6 Å². The Morgan fingerprint density at radius 1 is 1.23 bits per heavy atom. The molecule has 0 aliphatic carbocycles. The van der Waals surface area contributed by atoms with Gasteiger partial charge in [-0.1, -0.05) is 41.9 Å². The van der Waals surface area contributed by atoms with Crippen molar-refractivity contribution < 1.29 is 19.1 Å². The van der Waals surface area contributed by atoms with Crippen LogP contribution < -0.4 is 4.74 Å². The van der Waals surface area contributed by atoms with Crippen molar-refractivity contribution in [3.8, 4) is 16.9 Å². The van der Waals surface area contributed by atoms with E-state index in [-0.39, 0.29) is 0 Å². The predicted octanol–water partition coefficient (Wildman–Crippen LogP) is 5.08. The highest BCUT2D eigenvalue weighted by Crippen LogP contribution is 2.28. The summed E-state index contributed by atoms with van der Waals surface area (Å²) < 4.78 is 9.57. The Bertz CT molecular complexity index is 744. The highest BCUT2D eigenvalue weighted by molar-refractivity contribution is 7.81. The quantitative estimate of drug-likeness (QED) is 0.607. The smallest absolute Gasteiger partial charge is 0.316 e. The van der Waals surface area contributed by atoms with Gasteiger partial charge in [0.25, 0.3) is 0 Å². The summed E-state index contributed by atoms with van der Waals surface area (Å²) in [6, 6.07) is 15.7. The predicted molar refractivity (Wildman–Crippen MR) is 106 cm³/mol. The van der Waals surface area contributed by atoms with Crippen LogP contribution in [0.15, 0.2) is 71.8 Å². The van der Waals surface area contributed by atoms with Crippen molar-refractivity contribution in [3.63, 3.8) is 0 Å². The number of hydrogen-bond acceptors (Lipinski definition) is 5. The first kappa shape index (κ1) is 21.6. The standard InChI is InChI=1S/C13H11ClO.C3H3NO.C3H6O2S/c1-15-11-8-6-10(7-9-11)12-4-2-3-5-13(12)14;1-2-5-3-4-1;1-2(6)3(4)5/h2-9H,1H3;1-3H;2,6H,1H3,(H,4,5). The number of aromatic nitrogens is 1. The number of aliphatic carboxylic acids is 1. The molecule has 0 saturated heterocycles. The van der Waals surface area contributed by atoms with Crippen LogP contribution in [0, 0.1) is 0 Å². The van der Waals surface area contributed by atoms with E-state index in [0.29, 0.717) is 0 Å². The fourth-order valence-electron chi connectivity index (χ4n) is 1.64. The minimum absolute atomic E-state index is 0.537. The molecule has 3 aromatic rings. The van der Waals surface area contributed by atoms with Crippen LogP contribution in [0.2, 0.25) is 5.02 Å². The Morgan fingerprint density at radius 3 is 2.23 bits per heavy atom. The molecule has 7 heteroatoms. The third kappa shape index (κ3) is 8.09. The van der Waals surface area contributed by atoms with Gasteiger partial charge in [-0.25, -0.2) is 4.98 Å². The van der Waals surface area contributed by atoms with Crippen molar-refractivity contribution in [2.45, 2.75) is 12.2 Å². The number of rotatable bonds is 3. The van der Waals surface area contributed by atoms with Crippen LogP contribution >= 0.6 is 24.2 Å². The molecule has 1 N–H and O–H groups in total. The molecule has 0 radical (unpaired) electrons. The molecule has 2 aromatic carbocycles. The van der Waals surface area contributed by atoms with E-state index in [4.69, 9.17) is 21.4 Å². The zero-order valence-electron chi connectivity index (χ0n) is 14.4. The summed E-state index contributed by atoms with van der Waals surface area (Å²) in [5.74, 6) is -0.0239. The Balaban J connectivity index is 0.000000253. The number of oxazole rings is 1. The molecule has 0 saturated carbocycles. The Morgan fingerprint density at radius 2 is 1.85 bits per heavy atom. The molecule has 0 bridgehead atoms. The molecular formula is C19H20ClNO4S. The highest BCUT2D eigenvalue weighted by atomic mass is 35.5. The second kappa shape index (κ2) is 12.0. The third-order valence-electron chi connectivity index (χ3n) is 2.98. The molecule has 1 heterocycles. The summed E-state index contributed by atoms with van der Waals surface area (Å²) in [5, 5.41) is 8.14. The van der Waals surface area contributed by atoms with Crippen molar-refractivity contribution in [3.05, 3.63) is 72.4 Å². The molecule has 1 aromatic heterocycles. The number of ether oxygens (including phenoxy) is 1. The van der Waals surface area contributed by atoms with E-state index in [0.717, 1.165) is 21.9 Å². The molecule has 26 heavy (non-hydrogen) atoms. The number of hydrogen-bond donors (Lipinski definition) is 2. The maximum absolute atomic E-state index is 9.62. The monoisotopic (exact) mass is 393 g/mol. The summed E-state index contributed by atoms with van der Waals surface area (Å²) in [6.07, 6.45) is 4.47. The summed E-state index contributed by atoms with van der Waals surface area (Å²) in [7, 11) is 1.66. The first-order valence-electron chi connectivity index (χ1n) is 7.57. The number of nitrogens with zero attached hydrogens (tertiary/aromatic N) is 1. The van der Waals surface area contributed by atoms with Gasteiger partial charge < -0.3 is 14.3 Å². The Kier molecular flexibility index (Phi) is 9.97. The van der Waals surface area contributed by atoms with Crippen LogP contribution in [-0.2, 0) is 4.79 Å². The van der Waals surface area contributed by atoms with Crippen molar-refractivity contribution in [1.29, 1.82) is 0 Å². The molecule has 0 aliphatic heterocycles. The average molecular weight is 394 g/mol. The van der Waals surface area contributed by atoms with Crippen LogP contribution in [0.3, 0.4) is 0 Å². The van der Waals surface area contributed by atoms with E-state index >= 15 is 0 Å². The van der Waals surface area contributed by atoms with E-state index in [1.807, 2.05) is 48.5 Å². The zero-order chi connectivity index (χ0) is 19.4. The molecule has 0 amide bonds. The van der Waals surface area contributed by atoms with E-state index in [1.54, 1.807) is 13.3 Å². The van der Waals surface area contributed by atoms with Crippen LogP contribution in [-0.4, -0.2) is 28.4 Å². The van der Waals surface area contributed by atoms with Gasteiger partial charge in [0.15, 0.2) is 6.39 Å². The third-order valence-corrected chi connectivity index (χ3v) is 3.53. The molecule has 0 spiro atoms. The number of benzene rings is 2. The molecular weight excluding hydrogens is 374 g/mol. The lowest BCUT2D eigenvalue weighted by Gasteiger charge is -2.05. The minimum atomic E-state index is -0.877. The SMILES string of the molecule is CC(S)C(=O)O.COc1ccc(-c2ccccc2Cl)cc1.c1cocn1. The number of methoxy groups -OCH3 is 1. The van der Waals surface area contributed by atoms with Gasteiger partial charge in [0.05, 0.1) is 18.6 Å². The van der Waals surface area contributed by atoms with Gasteiger partial charge in [-0.15, -0.1) is 0 Å². The Hall–Kier alpha value is -2.44. The number of carboxylic acid groups (broad SMARTS) is 1. The number of carboxylic acids is 1. The van der Waals surface area contributed by atoms with Crippen LogP contribution in [0.1, 0.15) is 6.92 Å². The number of carbonyl (C=O) groups is 1. The fourth-order valence-corrected chi connectivity index (χ4v) is 1.89. The van der Waals surface area contributed by atoms with Crippen molar-refractivity contribution in [1.82, 2.24) is 4.98 Å². The van der Waals surface area contributed by atoms with Gasteiger partial charge in [-0.2, -0.15) is 12.6 Å². The fraction of sp³-hybridized carbons (Fsp3) is 0.158.